The molecule has 1 unspecified atom stereocenters. The summed E-state index contributed by atoms with van der Waals surface area (Å²) in [6.45, 7) is 2.83. The van der Waals surface area contributed by atoms with E-state index in [0.717, 1.165) is 17.6 Å². The van der Waals surface area contributed by atoms with E-state index in [4.69, 9.17) is 10.00 Å². The second-order valence-electron chi connectivity index (χ2n) is 6.17. The fraction of sp³-hybridized carbons (Fsp3) is 0.238. The number of halogens is 1. The van der Waals surface area contributed by atoms with E-state index in [9.17, 15) is 9.18 Å². The molecule has 0 N–H and O–H groups in total. The van der Waals surface area contributed by atoms with E-state index < -0.39 is 6.10 Å². The maximum absolute atomic E-state index is 13.0. The number of nitriles is 1. The van der Waals surface area contributed by atoms with Crippen molar-refractivity contribution in [3.8, 4) is 11.8 Å². The average Bonchev–Trinajstić information content (AvgIpc) is 2.69. The van der Waals surface area contributed by atoms with Crippen LogP contribution in [0.25, 0.3) is 5.57 Å². The Kier molecular flexibility index (Phi) is 5.33. The van der Waals surface area contributed by atoms with Gasteiger partial charge in [-0.3, -0.25) is 4.79 Å². The van der Waals surface area contributed by atoms with Crippen molar-refractivity contribution in [3.05, 3.63) is 71.6 Å². The first-order chi connectivity index (χ1) is 12.6. The Balaban J connectivity index is 1.60. The third-order valence-electron chi connectivity index (χ3n) is 4.38. The van der Waals surface area contributed by atoms with Crippen LogP contribution in [0.3, 0.4) is 0 Å². The quantitative estimate of drug-likeness (QED) is 0.843. The molecular formula is C21H19FN2O2. The van der Waals surface area contributed by atoms with Gasteiger partial charge in [0.05, 0.1) is 11.6 Å². The topological polar surface area (TPSA) is 53.3 Å². The lowest BCUT2D eigenvalue weighted by Crippen LogP contribution is -2.42. The Bertz CT molecular complexity index is 851. The van der Waals surface area contributed by atoms with Crippen molar-refractivity contribution in [2.45, 2.75) is 19.4 Å². The first kappa shape index (κ1) is 17.7. The Morgan fingerprint density at radius 1 is 1.19 bits per heavy atom. The van der Waals surface area contributed by atoms with Crippen LogP contribution in [-0.4, -0.2) is 30.0 Å². The number of rotatable bonds is 4. The lowest BCUT2D eigenvalue weighted by atomic mass is 9.99. The normalized spacial score (nSPS) is 15.0. The lowest BCUT2D eigenvalue weighted by Gasteiger charge is -2.29. The molecule has 0 fully saturated rings. The number of benzene rings is 2. The monoisotopic (exact) mass is 350 g/mol. The highest BCUT2D eigenvalue weighted by atomic mass is 19.1. The summed E-state index contributed by atoms with van der Waals surface area (Å²) in [6, 6.07) is 15.1. The average molecular weight is 350 g/mol. The number of hydrogen-bond donors (Lipinski definition) is 0. The van der Waals surface area contributed by atoms with Gasteiger partial charge in [0, 0.05) is 13.1 Å². The molecule has 5 heteroatoms. The summed E-state index contributed by atoms with van der Waals surface area (Å²) in [5.74, 6) is 0.226. The van der Waals surface area contributed by atoms with Crippen LogP contribution in [-0.2, 0) is 4.79 Å². The fourth-order valence-corrected chi connectivity index (χ4v) is 2.92. The maximum Gasteiger partial charge on any atom is 0.263 e. The molecule has 1 atom stereocenters. The summed E-state index contributed by atoms with van der Waals surface area (Å²) in [5, 5.41) is 8.81. The van der Waals surface area contributed by atoms with E-state index in [2.05, 4.69) is 0 Å². The van der Waals surface area contributed by atoms with Crippen LogP contribution in [0.4, 0.5) is 4.39 Å². The van der Waals surface area contributed by atoms with Crippen molar-refractivity contribution in [1.29, 1.82) is 5.26 Å². The molecule has 0 aliphatic carbocycles. The van der Waals surface area contributed by atoms with Gasteiger partial charge in [0.2, 0.25) is 0 Å². The highest BCUT2D eigenvalue weighted by molar-refractivity contribution is 5.82. The van der Waals surface area contributed by atoms with E-state index in [0.29, 0.717) is 24.4 Å². The first-order valence-electron chi connectivity index (χ1n) is 8.47. The standard InChI is InChI=1S/C21H19FN2O2/c1-15(26-20-8-2-16(14-23)3-9-20)21(25)24-12-10-18(11-13-24)17-4-6-19(22)7-5-17/h2-10,15H,11-13H2,1H3. The zero-order chi connectivity index (χ0) is 18.5. The molecule has 0 bridgehead atoms. The maximum atomic E-state index is 13.0. The summed E-state index contributed by atoms with van der Waals surface area (Å²) >= 11 is 0. The van der Waals surface area contributed by atoms with Gasteiger partial charge in [0.1, 0.15) is 11.6 Å². The number of carbonyl (C=O) groups excluding carboxylic acids is 1. The van der Waals surface area contributed by atoms with E-state index in [1.54, 1.807) is 48.2 Å². The van der Waals surface area contributed by atoms with Gasteiger partial charge in [-0.15, -0.1) is 0 Å². The molecule has 1 heterocycles. The van der Waals surface area contributed by atoms with Crippen LogP contribution < -0.4 is 4.74 Å². The van der Waals surface area contributed by atoms with Gasteiger partial charge in [0.25, 0.3) is 5.91 Å². The lowest BCUT2D eigenvalue weighted by molar-refractivity contribution is -0.137. The van der Waals surface area contributed by atoms with Crippen molar-refractivity contribution in [2.75, 3.05) is 13.1 Å². The molecule has 2 aromatic rings. The first-order valence-corrected chi connectivity index (χ1v) is 8.47. The summed E-state index contributed by atoms with van der Waals surface area (Å²) in [6.07, 6.45) is 2.12. The largest absolute Gasteiger partial charge is 0.481 e. The van der Waals surface area contributed by atoms with Crippen LogP contribution in [0, 0.1) is 17.1 Å². The molecule has 0 radical (unpaired) electrons. The second kappa shape index (κ2) is 7.83. The van der Waals surface area contributed by atoms with E-state index >= 15 is 0 Å². The minimum atomic E-state index is -0.608. The SMILES string of the molecule is CC(Oc1ccc(C#N)cc1)C(=O)N1CC=C(c2ccc(F)cc2)CC1. The molecule has 2 aromatic carbocycles. The third kappa shape index (κ3) is 4.09. The zero-order valence-electron chi connectivity index (χ0n) is 14.5. The van der Waals surface area contributed by atoms with Crippen LogP contribution in [0.5, 0.6) is 5.75 Å². The Labute approximate surface area is 152 Å². The third-order valence-corrected chi connectivity index (χ3v) is 4.38. The molecule has 1 aliphatic heterocycles. The highest BCUT2D eigenvalue weighted by Crippen LogP contribution is 2.23. The molecule has 26 heavy (non-hydrogen) atoms. The molecule has 3 rings (SSSR count). The van der Waals surface area contributed by atoms with Gasteiger partial charge in [0.15, 0.2) is 6.10 Å². The highest BCUT2D eigenvalue weighted by Gasteiger charge is 2.24. The number of ether oxygens (including phenoxy) is 1. The Morgan fingerprint density at radius 2 is 1.88 bits per heavy atom. The van der Waals surface area contributed by atoms with E-state index in [-0.39, 0.29) is 11.7 Å². The van der Waals surface area contributed by atoms with Crippen LogP contribution in [0.2, 0.25) is 0 Å². The summed E-state index contributed by atoms with van der Waals surface area (Å²) < 4.78 is 18.7. The molecule has 1 amide bonds. The van der Waals surface area contributed by atoms with E-state index in [1.165, 1.54) is 12.1 Å². The molecule has 4 nitrogen and oxygen atoms in total. The summed E-state index contributed by atoms with van der Waals surface area (Å²) in [7, 11) is 0. The van der Waals surface area contributed by atoms with Crippen molar-refractivity contribution >= 4 is 11.5 Å². The molecule has 0 aromatic heterocycles. The fourth-order valence-electron chi connectivity index (χ4n) is 2.92. The molecule has 0 spiro atoms. The van der Waals surface area contributed by atoms with E-state index in [1.807, 2.05) is 12.1 Å². The molecule has 0 saturated carbocycles. The molecule has 1 aliphatic rings. The van der Waals surface area contributed by atoms with Gasteiger partial charge in [-0.25, -0.2) is 4.39 Å². The van der Waals surface area contributed by atoms with Gasteiger partial charge in [-0.2, -0.15) is 5.26 Å². The predicted molar refractivity (Wildman–Crippen MR) is 96.8 cm³/mol. The number of amides is 1. The van der Waals surface area contributed by atoms with Crippen molar-refractivity contribution in [3.63, 3.8) is 0 Å². The second-order valence-corrected chi connectivity index (χ2v) is 6.17. The number of nitrogens with zero attached hydrogens (tertiary/aromatic N) is 2. The smallest absolute Gasteiger partial charge is 0.263 e. The predicted octanol–water partition coefficient (Wildman–Crippen LogP) is 3.78. The number of carbonyl (C=O) groups is 1. The van der Waals surface area contributed by atoms with Gasteiger partial charge >= 0.3 is 0 Å². The minimum Gasteiger partial charge on any atom is -0.481 e. The minimum absolute atomic E-state index is 0.0798. The summed E-state index contributed by atoms with van der Waals surface area (Å²) in [5.41, 5.74) is 2.65. The number of hydrogen-bond acceptors (Lipinski definition) is 3. The molecular weight excluding hydrogens is 331 g/mol. The van der Waals surface area contributed by atoms with Crippen molar-refractivity contribution in [2.24, 2.45) is 0 Å². The molecule has 0 saturated heterocycles. The van der Waals surface area contributed by atoms with Gasteiger partial charge in [-0.1, -0.05) is 18.2 Å². The zero-order valence-corrected chi connectivity index (χ0v) is 14.5. The summed E-state index contributed by atoms with van der Waals surface area (Å²) in [4.78, 5) is 14.3. The Morgan fingerprint density at radius 3 is 2.46 bits per heavy atom. The van der Waals surface area contributed by atoms with Crippen LogP contribution >= 0.6 is 0 Å². The van der Waals surface area contributed by atoms with Crippen LogP contribution in [0.15, 0.2) is 54.6 Å². The van der Waals surface area contributed by atoms with Crippen molar-refractivity contribution in [1.82, 2.24) is 4.90 Å². The van der Waals surface area contributed by atoms with Gasteiger partial charge < -0.3 is 9.64 Å². The van der Waals surface area contributed by atoms with Gasteiger partial charge in [-0.05, 0) is 60.9 Å². The Hall–Kier alpha value is -3.13. The van der Waals surface area contributed by atoms with Crippen molar-refractivity contribution < 1.29 is 13.9 Å². The molecule has 132 valence electrons. The van der Waals surface area contributed by atoms with Crippen LogP contribution in [0.1, 0.15) is 24.5 Å².